The number of carbonyl (C=O) groups is 1. The number of hydrogen-bond donors (Lipinski definition) is 1. The van der Waals surface area contributed by atoms with Crippen LogP contribution in [-0.4, -0.2) is 19.1 Å². The average molecular weight is 221 g/mol. The second-order valence-corrected chi connectivity index (χ2v) is 3.59. The number of hydrogen-bond acceptors (Lipinski definition) is 2. The van der Waals surface area contributed by atoms with Crippen molar-refractivity contribution in [3.05, 3.63) is 29.8 Å². The molecule has 0 heterocycles. The predicted octanol–water partition coefficient (Wildman–Crippen LogP) is 2.62. The molecular weight excluding hydrogens is 202 g/mol. The Morgan fingerprint density at radius 1 is 1.25 bits per heavy atom. The molecule has 0 fully saturated rings. The van der Waals surface area contributed by atoms with Crippen LogP contribution in [0, 0.1) is 0 Å². The number of unbranched alkanes of at least 4 members (excludes halogenated alkanes) is 1. The molecule has 1 aromatic carbocycles. The maximum Gasteiger partial charge on any atom is 0.251 e. The molecule has 1 amide bonds. The Labute approximate surface area is 96.8 Å². The monoisotopic (exact) mass is 221 g/mol. The van der Waals surface area contributed by atoms with E-state index in [1.165, 1.54) is 0 Å². The average Bonchev–Trinajstić information content (AvgIpc) is 2.30. The molecule has 1 N–H and O–H groups in total. The molecule has 0 radical (unpaired) electrons. The molecule has 3 nitrogen and oxygen atoms in total. The van der Waals surface area contributed by atoms with Gasteiger partial charge in [0.05, 0.1) is 6.61 Å². The van der Waals surface area contributed by atoms with Gasteiger partial charge in [0.15, 0.2) is 0 Å². The molecule has 0 unspecified atom stereocenters. The molecule has 1 rings (SSSR count). The number of nitrogens with one attached hydrogen (secondary N) is 1. The fraction of sp³-hybridized carbons (Fsp3) is 0.462. The third-order valence-corrected chi connectivity index (χ3v) is 2.22. The Balaban J connectivity index is 2.50. The van der Waals surface area contributed by atoms with Crippen LogP contribution in [0.2, 0.25) is 0 Å². The van der Waals surface area contributed by atoms with Gasteiger partial charge in [0, 0.05) is 12.1 Å². The third-order valence-electron chi connectivity index (χ3n) is 2.22. The maximum atomic E-state index is 11.5. The van der Waals surface area contributed by atoms with E-state index in [4.69, 9.17) is 4.74 Å². The van der Waals surface area contributed by atoms with Gasteiger partial charge in [-0.25, -0.2) is 0 Å². The van der Waals surface area contributed by atoms with Gasteiger partial charge in [0.25, 0.3) is 5.91 Å². The minimum Gasteiger partial charge on any atom is -0.494 e. The summed E-state index contributed by atoms with van der Waals surface area (Å²) in [5.41, 5.74) is 0.671. The lowest BCUT2D eigenvalue weighted by Gasteiger charge is -2.06. The van der Waals surface area contributed by atoms with Crippen molar-refractivity contribution in [1.82, 2.24) is 5.32 Å². The Hall–Kier alpha value is -1.51. The van der Waals surface area contributed by atoms with Gasteiger partial charge < -0.3 is 10.1 Å². The van der Waals surface area contributed by atoms with Crippen LogP contribution in [-0.2, 0) is 0 Å². The molecule has 0 saturated carbocycles. The second kappa shape index (κ2) is 6.88. The normalized spacial score (nSPS) is 9.88. The van der Waals surface area contributed by atoms with Gasteiger partial charge in [0.2, 0.25) is 0 Å². The molecule has 3 heteroatoms. The zero-order valence-corrected chi connectivity index (χ0v) is 9.95. The first-order chi connectivity index (χ1) is 7.77. The van der Waals surface area contributed by atoms with Crippen LogP contribution in [0.4, 0.5) is 0 Å². The Morgan fingerprint density at radius 3 is 2.50 bits per heavy atom. The van der Waals surface area contributed by atoms with Gasteiger partial charge in [-0.05, 0) is 37.6 Å². The van der Waals surface area contributed by atoms with Gasteiger partial charge >= 0.3 is 0 Å². The Bertz CT molecular complexity index is 319. The highest BCUT2D eigenvalue weighted by Crippen LogP contribution is 2.12. The molecule has 0 aliphatic rings. The first kappa shape index (κ1) is 12.6. The summed E-state index contributed by atoms with van der Waals surface area (Å²) in [4.78, 5) is 11.5. The molecule has 0 aromatic heterocycles. The minimum absolute atomic E-state index is 0.0393. The van der Waals surface area contributed by atoms with E-state index in [9.17, 15) is 4.79 Å². The maximum absolute atomic E-state index is 11.5. The molecule has 0 bridgehead atoms. The van der Waals surface area contributed by atoms with E-state index in [-0.39, 0.29) is 5.91 Å². The van der Waals surface area contributed by atoms with Gasteiger partial charge in [0.1, 0.15) is 5.75 Å². The number of carbonyl (C=O) groups excluding carboxylic acids is 1. The molecule has 88 valence electrons. The van der Waals surface area contributed by atoms with E-state index in [1.807, 2.05) is 19.1 Å². The Kier molecular flexibility index (Phi) is 5.40. The highest BCUT2D eigenvalue weighted by Gasteiger charge is 2.03. The second-order valence-electron chi connectivity index (χ2n) is 3.59. The van der Waals surface area contributed by atoms with Crippen LogP contribution >= 0.6 is 0 Å². The molecule has 0 atom stereocenters. The zero-order valence-electron chi connectivity index (χ0n) is 9.95. The standard InChI is InChI=1S/C13H19NO2/c1-3-5-10-16-12-8-6-11(7-9-12)13(15)14-4-2/h6-9H,3-5,10H2,1-2H3,(H,14,15). The van der Waals surface area contributed by atoms with Gasteiger partial charge in [-0.1, -0.05) is 13.3 Å². The molecule has 16 heavy (non-hydrogen) atoms. The zero-order chi connectivity index (χ0) is 11.8. The molecular formula is C13H19NO2. The largest absolute Gasteiger partial charge is 0.494 e. The molecule has 0 spiro atoms. The SMILES string of the molecule is CCCCOc1ccc(C(=O)NCC)cc1. The number of rotatable bonds is 6. The van der Waals surface area contributed by atoms with Gasteiger partial charge in [-0.15, -0.1) is 0 Å². The van der Waals surface area contributed by atoms with Crippen LogP contribution in [0.3, 0.4) is 0 Å². The third kappa shape index (κ3) is 3.93. The van der Waals surface area contributed by atoms with Crippen LogP contribution < -0.4 is 10.1 Å². The van der Waals surface area contributed by atoms with Gasteiger partial charge in [-0.3, -0.25) is 4.79 Å². The van der Waals surface area contributed by atoms with E-state index in [2.05, 4.69) is 12.2 Å². The van der Waals surface area contributed by atoms with E-state index in [0.717, 1.165) is 25.2 Å². The van der Waals surface area contributed by atoms with E-state index >= 15 is 0 Å². The minimum atomic E-state index is -0.0393. The van der Waals surface area contributed by atoms with Crippen LogP contribution in [0.25, 0.3) is 0 Å². The first-order valence-corrected chi connectivity index (χ1v) is 5.79. The molecule has 1 aromatic rings. The highest BCUT2D eigenvalue weighted by atomic mass is 16.5. The number of benzene rings is 1. The lowest BCUT2D eigenvalue weighted by molar-refractivity contribution is 0.0956. The van der Waals surface area contributed by atoms with Crippen LogP contribution in [0.15, 0.2) is 24.3 Å². The van der Waals surface area contributed by atoms with Crippen molar-refractivity contribution in [2.24, 2.45) is 0 Å². The van der Waals surface area contributed by atoms with Crippen molar-refractivity contribution in [1.29, 1.82) is 0 Å². The van der Waals surface area contributed by atoms with Crippen molar-refractivity contribution in [3.8, 4) is 5.75 Å². The summed E-state index contributed by atoms with van der Waals surface area (Å²) in [5.74, 6) is 0.782. The fourth-order valence-corrected chi connectivity index (χ4v) is 1.30. The fourth-order valence-electron chi connectivity index (χ4n) is 1.30. The summed E-state index contributed by atoms with van der Waals surface area (Å²) >= 11 is 0. The summed E-state index contributed by atoms with van der Waals surface area (Å²) in [6.45, 7) is 5.41. The van der Waals surface area contributed by atoms with Gasteiger partial charge in [-0.2, -0.15) is 0 Å². The summed E-state index contributed by atoms with van der Waals surface area (Å²) in [6.07, 6.45) is 2.18. The molecule has 0 saturated heterocycles. The molecule has 0 aliphatic carbocycles. The molecule has 0 aliphatic heterocycles. The smallest absolute Gasteiger partial charge is 0.251 e. The Morgan fingerprint density at radius 2 is 1.94 bits per heavy atom. The lowest BCUT2D eigenvalue weighted by atomic mass is 10.2. The first-order valence-electron chi connectivity index (χ1n) is 5.79. The van der Waals surface area contributed by atoms with Crippen LogP contribution in [0.1, 0.15) is 37.0 Å². The topological polar surface area (TPSA) is 38.3 Å². The summed E-state index contributed by atoms with van der Waals surface area (Å²) in [6, 6.07) is 7.24. The number of ether oxygens (including phenoxy) is 1. The van der Waals surface area contributed by atoms with Crippen LogP contribution in [0.5, 0.6) is 5.75 Å². The summed E-state index contributed by atoms with van der Waals surface area (Å²) in [7, 11) is 0. The van der Waals surface area contributed by atoms with E-state index in [0.29, 0.717) is 12.1 Å². The number of amides is 1. The van der Waals surface area contributed by atoms with E-state index < -0.39 is 0 Å². The lowest BCUT2D eigenvalue weighted by Crippen LogP contribution is -2.22. The van der Waals surface area contributed by atoms with E-state index in [1.54, 1.807) is 12.1 Å². The van der Waals surface area contributed by atoms with Crippen molar-refractivity contribution in [3.63, 3.8) is 0 Å². The summed E-state index contributed by atoms with van der Waals surface area (Å²) in [5, 5.41) is 2.75. The highest BCUT2D eigenvalue weighted by molar-refractivity contribution is 5.94. The van der Waals surface area contributed by atoms with Crippen molar-refractivity contribution < 1.29 is 9.53 Å². The van der Waals surface area contributed by atoms with Crippen molar-refractivity contribution >= 4 is 5.91 Å². The quantitative estimate of drug-likeness (QED) is 0.750. The van der Waals surface area contributed by atoms with Crippen molar-refractivity contribution in [2.45, 2.75) is 26.7 Å². The summed E-state index contributed by atoms with van der Waals surface area (Å²) < 4.78 is 5.51. The van der Waals surface area contributed by atoms with Crippen molar-refractivity contribution in [2.75, 3.05) is 13.2 Å². The predicted molar refractivity (Wildman–Crippen MR) is 64.9 cm³/mol.